The molecule has 3 aromatic rings. The number of alkyl halides is 3. The predicted octanol–water partition coefficient (Wildman–Crippen LogP) is 5.65. The third-order valence-corrected chi connectivity index (χ3v) is 5.33. The average molecular weight is 488 g/mol. The minimum absolute atomic E-state index is 0.0846. The number of rotatable bonds is 10. The van der Waals surface area contributed by atoms with E-state index < -0.39 is 11.7 Å². The molecule has 0 aliphatic carbocycles. The highest BCUT2D eigenvalue weighted by Crippen LogP contribution is 2.30. The number of hydrogen-bond donors (Lipinski definition) is 3. The summed E-state index contributed by atoms with van der Waals surface area (Å²) >= 11 is 1.44. The Morgan fingerprint density at radius 3 is 2.65 bits per heavy atom. The minimum Gasteiger partial charge on any atom is -0.405 e. The summed E-state index contributed by atoms with van der Waals surface area (Å²) in [6, 6.07) is 5.01. The maximum Gasteiger partial charge on any atom is 0.416 e. The van der Waals surface area contributed by atoms with Crippen LogP contribution in [0.5, 0.6) is 0 Å². The summed E-state index contributed by atoms with van der Waals surface area (Å²) < 4.78 is 39.0. The van der Waals surface area contributed by atoms with Gasteiger partial charge in [0.1, 0.15) is 0 Å². The Labute approximate surface area is 199 Å². The molecule has 3 rings (SSSR count). The van der Waals surface area contributed by atoms with Crippen LogP contribution in [-0.4, -0.2) is 26.5 Å². The maximum atomic E-state index is 13.0. The summed E-state index contributed by atoms with van der Waals surface area (Å²) in [5.74, 6) is 0.904. The fourth-order valence-corrected chi connectivity index (χ4v) is 3.58. The van der Waals surface area contributed by atoms with E-state index in [0.29, 0.717) is 29.6 Å². The van der Waals surface area contributed by atoms with Crippen molar-refractivity contribution in [2.75, 3.05) is 17.2 Å². The van der Waals surface area contributed by atoms with Crippen molar-refractivity contribution in [2.24, 2.45) is 11.7 Å². The van der Waals surface area contributed by atoms with Crippen LogP contribution < -0.4 is 16.4 Å². The van der Waals surface area contributed by atoms with Gasteiger partial charge in [-0.25, -0.2) is 4.98 Å². The number of benzene rings is 1. The van der Waals surface area contributed by atoms with Crippen molar-refractivity contribution in [3.05, 3.63) is 77.2 Å². The highest BCUT2D eigenvalue weighted by molar-refractivity contribution is 7.15. The Hall–Kier alpha value is -3.73. The molecular weight excluding hydrogens is 463 g/mol. The smallest absolute Gasteiger partial charge is 0.405 e. The largest absolute Gasteiger partial charge is 0.416 e. The highest BCUT2D eigenvalue weighted by Gasteiger charge is 2.30. The Morgan fingerprint density at radius 2 is 1.97 bits per heavy atom. The molecular formula is C23H24F3N7S. The van der Waals surface area contributed by atoms with Crippen LogP contribution in [0.1, 0.15) is 28.2 Å². The molecule has 34 heavy (non-hydrogen) atoms. The van der Waals surface area contributed by atoms with E-state index in [2.05, 4.69) is 37.1 Å². The number of nitrogens with one attached hydrogen (secondary N) is 2. The zero-order valence-electron chi connectivity index (χ0n) is 18.4. The van der Waals surface area contributed by atoms with Gasteiger partial charge in [-0.2, -0.15) is 28.1 Å². The SMILES string of the molecule is C=CCC(/C=C\N)CNc1nc(/C=C/c2cccc(C(F)(F)F)c2)nc(Nc2ncc(C)s2)n1. The van der Waals surface area contributed by atoms with Gasteiger partial charge < -0.3 is 11.1 Å². The third kappa shape index (κ3) is 7.41. The van der Waals surface area contributed by atoms with Crippen molar-refractivity contribution >= 4 is 40.5 Å². The standard InChI is InChI=1S/C23H24F3N7S/c1-3-5-17(10-11-27)14-28-20-30-19(31-21(32-20)33-22-29-13-15(2)34-22)9-8-16-6-4-7-18(12-16)23(24,25)26/h3-4,6-13,17H,1,5,14,27H2,2H3,(H2,28,29,30,31,32,33)/b9-8+,11-10-. The first-order valence-corrected chi connectivity index (χ1v) is 11.1. The van der Waals surface area contributed by atoms with E-state index in [1.165, 1.54) is 35.8 Å². The Morgan fingerprint density at radius 1 is 1.18 bits per heavy atom. The molecule has 1 atom stereocenters. The molecule has 0 radical (unpaired) electrons. The van der Waals surface area contributed by atoms with Crippen molar-refractivity contribution in [3.8, 4) is 0 Å². The molecule has 0 aliphatic rings. The first-order chi connectivity index (χ1) is 16.3. The zero-order chi connectivity index (χ0) is 24.6. The van der Waals surface area contributed by atoms with Crippen molar-refractivity contribution in [1.82, 2.24) is 19.9 Å². The van der Waals surface area contributed by atoms with E-state index in [9.17, 15) is 13.2 Å². The second-order valence-corrected chi connectivity index (χ2v) is 8.48. The highest BCUT2D eigenvalue weighted by atomic mass is 32.1. The number of anilines is 3. The summed E-state index contributed by atoms with van der Waals surface area (Å²) in [5.41, 5.74) is 5.16. The maximum absolute atomic E-state index is 13.0. The molecule has 1 unspecified atom stereocenters. The summed E-state index contributed by atoms with van der Waals surface area (Å²) in [6.45, 7) is 6.17. The molecule has 178 valence electrons. The van der Waals surface area contributed by atoms with Crippen LogP contribution in [-0.2, 0) is 6.18 Å². The number of nitrogens with zero attached hydrogens (tertiary/aromatic N) is 4. The number of nitrogens with two attached hydrogens (primary N) is 1. The van der Waals surface area contributed by atoms with Gasteiger partial charge in [-0.3, -0.25) is 5.32 Å². The molecule has 4 N–H and O–H groups in total. The number of thiazole rings is 1. The molecule has 0 saturated heterocycles. The number of aromatic nitrogens is 4. The van der Waals surface area contributed by atoms with Crippen LogP contribution in [0.15, 0.2) is 55.4 Å². The van der Waals surface area contributed by atoms with Gasteiger partial charge in [0, 0.05) is 17.6 Å². The first kappa shape index (κ1) is 24.9. The molecule has 0 amide bonds. The van der Waals surface area contributed by atoms with Crippen molar-refractivity contribution in [3.63, 3.8) is 0 Å². The molecule has 0 spiro atoms. The van der Waals surface area contributed by atoms with Gasteiger partial charge >= 0.3 is 6.18 Å². The van der Waals surface area contributed by atoms with Gasteiger partial charge in [0.25, 0.3) is 0 Å². The first-order valence-electron chi connectivity index (χ1n) is 10.3. The second kappa shape index (κ2) is 11.4. The van der Waals surface area contributed by atoms with E-state index in [1.54, 1.807) is 18.3 Å². The number of halogens is 3. The third-order valence-electron chi connectivity index (χ3n) is 4.51. The van der Waals surface area contributed by atoms with Crippen LogP contribution in [0.4, 0.5) is 30.2 Å². The predicted molar refractivity (Wildman–Crippen MR) is 130 cm³/mol. The lowest BCUT2D eigenvalue weighted by Crippen LogP contribution is -2.15. The van der Waals surface area contributed by atoms with Crippen LogP contribution >= 0.6 is 11.3 Å². The van der Waals surface area contributed by atoms with Crippen molar-refractivity contribution < 1.29 is 13.2 Å². The summed E-state index contributed by atoms with van der Waals surface area (Å²) in [5, 5.41) is 6.81. The van der Waals surface area contributed by atoms with Gasteiger partial charge in [0.15, 0.2) is 11.0 Å². The summed E-state index contributed by atoms with van der Waals surface area (Å²) in [7, 11) is 0. The fraction of sp³-hybridized carbons (Fsp3) is 0.217. The van der Waals surface area contributed by atoms with Gasteiger partial charge in [-0.05, 0) is 49.2 Å². The molecule has 0 fully saturated rings. The topological polar surface area (TPSA) is 102 Å². The lowest BCUT2D eigenvalue weighted by molar-refractivity contribution is -0.137. The number of hydrogen-bond acceptors (Lipinski definition) is 8. The molecule has 0 saturated carbocycles. The van der Waals surface area contributed by atoms with E-state index >= 15 is 0 Å². The van der Waals surface area contributed by atoms with Crippen LogP contribution in [0.2, 0.25) is 0 Å². The van der Waals surface area contributed by atoms with Gasteiger partial charge in [-0.15, -0.1) is 17.9 Å². The van der Waals surface area contributed by atoms with E-state index in [0.717, 1.165) is 17.0 Å². The molecule has 2 heterocycles. The summed E-state index contributed by atoms with van der Waals surface area (Å²) in [6.07, 6.45) is 6.17. The molecule has 11 heteroatoms. The molecule has 1 aromatic carbocycles. The lowest BCUT2D eigenvalue weighted by Gasteiger charge is -2.12. The van der Waals surface area contributed by atoms with E-state index in [-0.39, 0.29) is 17.7 Å². The summed E-state index contributed by atoms with van der Waals surface area (Å²) in [4.78, 5) is 18.4. The number of allylic oxidation sites excluding steroid dienone is 1. The lowest BCUT2D eigenvalue weighted by atomic mass is 10.1. The Kier molecular flexibility index (Phi) is 8.36. The van der Waals surface area contributed by atoms with Crippen LogP contribution in [0.25, 0.3) is 12.2 Å². The minimum atomic E-state index is -4.42. The Balaban J connectivity index is 1.87. The van der Waals surface area contributed by atoms with Crippen molar-refractivity contribution in [2.45, 2.75) is 19.5 Å². The fourth-order valence-electron chi connectivity index (χ4n) is 2.92. The second-order valence-electron chi connectivity index (χ2n) is 7.25. The van der Waals surface area contributed by atoms with E-state index in [4.69, 9.17) is 5.73 Å². The normalized spacial score (nSPS) is 12.8. The molecule has 0 bridgehead atoms. The van der Waals surface area contributed by atoms with Gasteiger partial charge in [0.2, 0.25) is 11.9 Å². The molecule has 7 nitrogen and oxygen atoms in total. The van der Waals surface area contributed by atoms with Gasteiger partial charge in [0.05, 0.1) is 5.56 Å². The quantitative estimate of drug-likeness (QED) is 0.318. The molecule has 0 aliphatic heterocycles. The zero-order valence-corrected chi connectivity index (χ0v) is 19.2. The van der Waals surface area contributed by atoms with E-state index in [1.807, 2.05) is 13.0 Å². The molecule has 2 aromatic heterocycles. The van der Waals surface area contributed by atoms with Crippen LogP contribution in [0.3, 0.4) is 0 Å². The Bertz CT molecular complexity index is 1170. The van der Waals surface area contributed by atoms with Crippen LogP contribution in [0, 0.1) is 12.8 Å². The van der Waals surface area contributed by atoms with Crippen molar-refractivity contribution in [1.29, 1.82) is 0 Å². The number of aryl methyl sites for hydroxylation is 1. The average Bonchev–Trinajstić information content (AvgIpc) is 3.20. The monoisotopic (exact) mass is 487 g/mol. The van der Waals surface area contributed by atoms with Gasteiger partial charge in [-0.1, -0.05) is 30.4 Å².